The fraction of sp³-hybridized carbons (Fsp3) is 0.167. The highest BCUT2D eigenvalue weighted by Crippen LogP contribution is 2.16. The van der Waals surface area contributed by atoms with E-state index in [-0.39, 0.29) is 18.4 Å². The van der Waals surface area contributed by atoms with Gasteiger partial charge in [-0.15, -0.1) is 5.10 Å². The first-order chi connectivity index (χ1) is 16.4. The lowest BCUT2D eigenvalue weighted by Crippen LogP contribution is -2.38. The predicted octanol–water partition coefficient (Wildman–Crippen LogP) is 2.08. The molecule has 4 aromatic rings. The molecule has 0 saturated heterocycles. The van der Waals surface area contributed by atoms with E-state index in [2.05, 4.69) is 26.2 Å². The van der Waals surface area contributed by atoms with Crippen molar-refractivity contribution in [2.45, 2.75) is 13.0 Å². The second-order valence-electron chi connectivity index (χ2n) is 7.78. The van der Waals surface area contributed by atoms with Crippen molar-refractivity contribution in [2.24, 2.45) is 7.05 Å². The van der Waals surface area contributed by atoms with E-state index in [1.165, 1.54) is 17.1 Å². The molecule has 0 bridgehead atoms. The van der Waals surface area contributed by atoms with E-state index in [1.54, 1.807) is 42.1 Å². The third-order valence-electron chi connectivity index (χ3n) is 5.36. The molecule has 2 aromatic heterocycles. The minimum atomic E-state index is -0.474. The molecule has 2 heterocycles. The number of benzene rings is 2. The summed E-state index contributed by atoms with van der Waals surface area (Å²) < 4.78 is 3.09. The summed E-state index contributed by atoms with van der Waals surface area (Å²) >= 11 is 0. The van der Waals surface area contributed by atoms with Gasteiger partial charge in [0.15, 0.2) is 0 Å². The molecule has 2 aromatic carbocycles. The van der Waals surface area contributed by atoms with E-state index in [4.69, 9.17) is 5.26 Å². The molecule has 0 aliphatic heterocycles. The highest BCUT2D eigenvalue weighted by molar-refractivity contribution is 5.95. The van der Waals surface area contributed by atoms with Crippen molar-refractivity contribution >= 4 is 11.8 Å². The van der Waals surface area contributed by atoms with Crippen molar-refractivity contribution in [3.05, 3.63) is 95.1 Å². The van der Waals surface area contributed by atoms with E-state index in [0.717, 1.165) is 16.8 Å². The fourth-order valence-corrected chi connectivity index (χ4v) is 3.48. The van der Waals surface area contributed by atoms with Crippen LogP contribution in [0.3, 0.4) is 0 Å². The van der Waals surface area contributed by atoms with Crippen molar-refractivity contribution in [3.63, 3.8) is 0 Å². The minimum absolute atomic E-state index is 0.178. The van der Waals surface area contributed by atoms with Gasteiger partial charge in [0.25, 0.3) is 11.8 Å². The van der Waals surface area contributed by atoms with Crippen molar-refractivity contribution in [1.29, 1.82) is 5.26 Å². The molecule has 1 atom stereocenters. The van der Waals surface area contributed by atoms with Crippen LogP contribution < -0.4 is 10.6 Å². The summed E-state index contributed by atoms with van der Waals surface area (Å²) in [5.41, 5.74) is 3.89. The molecule has 0 aliphatic rings. The number of carbonyl (C=O) groups excluding carboxylic acids is 2. The molecule has 34 heavy (non-hydrogen) atoms. The van der Waals surface area contributed by atoms with Crippen LogP contribution in [0.1, 0.15) is 43.6 Å². The van der Waals surface area contributed by atoms with Gasteiger partial charge in [0.05, 0.1) is 17.3 Å². The van der Waals surface area contributed by atoms with Gasteiger partial charge in [0.2, 0.25) is 0 Å². The molecule has 0 spiro atoms. The molecule has 0 aliphatic carbocycles. The average molecular weight is 454 g/mol. The van der Waals surface area contributed by atoms with Gasteiger partial charge in [-0.05, 0) is 53.2 Å². The maximum atomic E-state index is 12.9. The maximum Gasteiger partial charge on any atom is 0.268 e. The third kappa shape index (κ3) is 4.99. The summed E-state index contributed by atoms with van der Waals surface area (Å²) in [5.74, 6) is -0.616. The monoisotopic (exact) mass is 454 g/mol. The smallest absolute Gasteiger partial charge is 0.268 e. The molecule has 10 nitrogen and oxygen atoms in total. The van der Waals surface area contributed by atoms with E-state index in [1.807, 2.05) is 37.3 Å². The van der Waals surface area contributed by atoms with Crippen molar-refractivity contribution < 1.29 is 9.59 Å². The number of hydrogen-bond acceptors (Lipinski definition) is 6. The zero-order valence-electron chi connectivity index (χ0n) is 18.6. The second kappa shape index (κ2) is 9.79. The first-order valence-electron chi connectivity index (χ1n) is 10.5. The molecular weight excluding hydrogens is 432 g/mol. The van der Waals surface area contributed by atoms with Crippen LogP contribution in [-0.2, 0) is 7.05 Å². The Labute approximate surface area is 195 Å². The highest BCUT2D eigenvalue weighted by atomic mass is 16.2. The zero-order valence-corrected chi connectivity index (χ0v) is 18.6. The Morgan fingerprint density at radius 3 is 2.44 bits per heavy atom. The van der Waals surface area contributed by atoms with Crippen LogP contribution >= 0.6 is 0 Å². The van der Waals surface area contributed by atoms with Crippen LogP contribution in [0, 0.1) is 18.3 Å². The Bertz CT molecular complexity index is 1330. The first kappa shape index (κ1) is 22.4. The number of nitrogens with one attached hydrogen (secondary N) is 2. The topological polar surface area (TPSA) is 131 Å². The Balaban J connectivity index is 1.48. The molecule has 2 amide bonds. The van der Waals surface area contributed by atoms with E-state index >= 15 is 0 Å². The SMILES string of the molecule is Cc1ccc(C(CNC(=O)c2ccc(-n3cnnn3)cc2)NC(=O)c2cc(C#N)cn2C)cc1. The van der Waals surface area contributed by atoms with Gasteiger partial charge in [0, 0.05) is 25.4 Å². The van der Waals surface area contributed by atoms with Crippen LogP contribution in [-0.4, -0.2) is 43.1 Å². The summed E-state index contributed by atoms with van der Waals surface area (Å²) in [5, 5.41) is 26.0. The summed E-state index contributed by atoms with van der Waals surface area (Å²) in [6, 6.07) is 17.7. The van der Waals surface area contributed by atoms with Gasteiger partial charge in [-0.3, -0.25) is 9.59 Å². The third-order valence-corrected chi connectivity index (χ3v) is 5.36. The lowest BCUT2D eigenvalue weighted by atomic mass is 10.0. The summed E-state index contributed by atoms with van der Waals surface area (Å²) in [6.45, 7) is 2.16. The summed E-state index contributed by atoms with van der Waals surface area (Å²) in [6.07, 6.45) is 3.06. The highest BCUT2D eigenvalue weighted by Gasteiger charge is 2.20. The van der Waals surface area contributed by atoms with Crippen molar-refractivity contribution in [3.8, 4) is 11.8 Å². The number of carbonyl (C=O) groups is 2. The Morgan fingerprint density at radius 1 is 1.09 bits per heavy atom. The van der Waals surface area contributed by atoms with Crippen molar-refractivity contribution in [1.82, 2.24) is 35.4 Å². The molecule has 1 unspecified atom stereocenters. The molecule has 0 radical (unpaired) electrons. The second-order valence-corrected chi connectivity index (χ2v) is 7.78. The predicted molar refractivity (Wildman–Crippen MR) is 123 cm³/mol. The van der Waals surface area contributed by atoms with Gasteiger partial charge < -0.3 is 15.2 Å². The molecule has 2 N–H and O–H groups in total. The number of hydrogen-bond donors (Lipinski definition) is 2. The van der Waals surface area contributed by atoms with Gasteiger partial charge >= 0.3 is 0 Å². The Kier molecular flexibility index (Phi) is 6.45. The number of aromatic nitrogens is 5. The van der Waals surface area contributed by atoms with Crippen LogP contribution in [0.15, 0.2) is 67.1 Å². The lowest BCUT2D eigenvalue weighted by Gasteiger charge is -2.20. The van der Waals surface area contributed by atoms with Crippen LogP contribution in [0.2, 0.25) is 0 Å². The van der Waals surface area contributed by atoms with Gasteiger partial charge in [-0.2, -0.15) is 5.26 Å². The Hall–Kier alpha value is -4.78. The van der Waals surface area contributed by atoms with E-state index in [0.29, 0.717) is 16.8 Å². The molecular formula is C24H22N8O2. The van der Waals surface area contributed by atoms with Crippen molar-refractivity contribution in [2.75, 3.05) is 6.54 Å². The van der Waals surface area contributed by atoms with Crippen LogP contribution in [0.4, 0.5) is 0 Å². The normalized spacial score (nSPS) is 11.4. The molecule has 0 saturated carbocycles. The fourth-order valence-electron chi connectivity index (χ4n) is 3.48. The first-order valence-corrected chi connectivity index (χ1v) is 10.5. The largest absolute Gasteiger partial charge is 0.350 e. The number of amides is 2. The number of nitrogens with zero attached hydrogens (tertiary/aromatic N) is 6. The lowest BCUT2D eigenvalue weighted by molar-refractivity contribution is 0.0903. The Morgan fingerprint density at radius 2 is 1.82 bits per heavy atom. The summed E-state index contributed by atoms with van der Waals surface area (Å²) in [7, 11) is 1.71. The maximum absolute atomic E-state index is 12.9. The molecule has 4 rings (SSSR count). The quantitative estimate of drug-likeness (QED) is 0.440. The summed E-state index contributed by atoms with van der Waals surface area (Å²) in [4.78, 5) is 25.7. The zero-order chi connectivity index (χ0) is 24.1. The van der Waals surface area contributed by atoms with Crippen LogP contribution in [0.5, 0.6) is 0 Å². The number of nitriles is 1. The minimum Gasteiger partial charge on any atom is -0.350 e. The standard InChI is InChI=1S/C24H22N8O2/c1-16-3-5-18(6-4-16)21(28-24(34)22-11-17(12-25)14-31(22)2)13-26-23(33)19-7-9-20(10-8-19)32-15-27-29-30-32/h3-11,14-15,21H,13H2,1-2H3,(H,26,33)(H,28,34). The number of tetrazole rings is 1. The average Bonchev–Trinajstić information content (AvgIpc) is 3.52. The van der Waals surface area contributed by atoms with E-state index < -0.39 is 6.04 Å². The number of rotatable bonds is 7. The number of aryl methyl sites for hydroxylation is 2. The van der Waals surface area contributed by atoms with Gasteiger partial charge in [0.1, 0.15) is 18.1 Å². The molecule has 0 fully saturated rings. The molecule has 170 valence electrons. The van der Waals surface area contributed by atoms with Gasteiger partial charge in [-0.25, -0.2) is 4.68 Å². The van der Waals surface area contributed by atoms with E-state index in [9.17, 15) is 9.59 Å². The molecule has 10 heteroatoms. The van der Waals surface area contributed by atoms with Crippen LogP contribution in [0.25, 0.3) is 5.69 Å². The van der Waals surface area contributed by atoms with Gasteiger partial charge in [-0.1, -0.05) is 29.8 Å².